The van der Waals surface area contributed by atoms with Crippen LogP contribution in [0.1, 0.15) is 79.7 Å². The maximum Gasteiger partial charge on any atom is 0.308 e. The quantitative estimate of drug-likeness (QED) is 0.177. The van der Waals surface area contributed by atoms with Crippen LogP contribution in [-0.4, -0.2) is 62.9 Å². The summed E-state index contributed by atoms with van der Waals surface area (Å²) in [7, 11) is 0. The average Bonchev–Trinajstić information content (AvgIpc) is 3.50. The Labute approximate surface area is 259 Å². The van der Waals surface area contributed by atoms with Crippen molar-refractivity contribution >= 4 is 22.9 Å². The fraction of sp³-hybridized carbons (Fsp3) is 0.432. The van der Waals surface area contributed by atoms with Gasteiger partial charge in [0, 0.05) is 43.7 Å². The van der Waals surface area contributed by atoms with Gasteiger partial charge in [0.2, 0.25) is 0 Å². The van der Waals surface area contributed by atoms with Gasteiger partial charge < -0.3 is 14.2 Å². The maximum atomic E-state index is 13.4. The van der Waals surface area contributed by atoms with Gasteiger partial charge in [-0.2, -0.15) is 0 Å². The topological polar surface area (TPSA) is 67.7 Å². The van der Waals surface area contributed by atoms with Gasteiger partial charge in [0.15, 0.2) is 0 Å². The van der Waals surface area contributed by atoms with Crippen LogP contribution in [0.3, 0.4) is 0 Å². The van der Waals surface area contributed by atoms with E-state index in [2.05, 4.69) is 71.0 Å². The Morgan fingerprint density at radius 3 is 2.20 bits per heavy atom. The number of aromatic nitrogens is 2. The first-order valence-corrected chi connectivity index (χ1v) is 16.2. The fourth-order valence-corrected chi connectivity index (χ4v) is 8.42. The van der Waals surface area contributed by atoms with E-state index in [0.29, 0.717) is 29.4 Å². The molecule has 3 fully saturated rings. The van der Waals surface area contributed by atoms with E-state index in [4.69, 9.17) is 9.72 Å². The predicted molar refractivity (Wildman–Crippen MR) is 172 cm³/mol. The molecule has 7 rings (SSSR count). The van der Waals surface area contributed by atoms with Gasteiger partial charge in [-0.25, -0.2) is 4.98 Å². The molecular weight excluding hydrogens is 548 g/mol. The number of piperidine rings is 2. The Morgan fingerprint density at radius 2 is 1.52 bits per heavy atom. The minimum Gasteiger partial charge on any atom is -0.427 e. The highest BCUT2D eigenvalue weighted by Gasteiger charge is 2.44. The summed E-state index contributed by atoms with van der Waals surface area (Å²) >= 11 is 0. The average molecular weight is 591 g/mol. The molecule has 4 aromatic rings. The number of esters is 1. The standard InChI is InChI=1S/C37H42N4O3/c1-26-38-34-10-6-7-11-35(34)41(26)32-24-30-14-15-31(25-32)40(30)23-20-37(29-8-4-3-5-9-29)18-21-39(22-19-37)36(43)28-12-16-33(17-13-28)44-27(2)42/h3-13,16-17,30-32H,14-15,18-25H2,1-2H3/t30-,31+,32?. The molecule has 0 radical (unpaired) electrons. The lowest BCUT2D eigenvalue weighted by Gasteiger charge is -2.45. The molecule has 0 N–H and O–H groups in total. The second-order valence-corrected chi connectivity index (χ2v) is 13.1. The second kappa shape index (κ2) is 11.8. The van der Waals surface area contributed by atoms with Crippen molar-refractivity contribution < 1.29 is 14.3 Å². The van der Waals surface area contributed by atoms with Crippen molar-refractivity contribution in [2.24, 2.45) is 0 Å². The van der Waals surface area contributed by atoms with Crippen LogP contribution in [0, 0.1) is 6.92 Å². The Hall–Kier alpha value is -3.97. The summed E-state index contributed by atoms with van der Waals surface area (Å²) in [6.07, 6.45) is 7.97. The highest BCUT2D eigenvalue weighted by atomic mass is 16.5. The summed E-state index contributed by atoms with van der Waals surface area (Å²) in [4.78, 5) is 34.4. The third kappa shape index (κ3) is 5.43. The van der Waals surface area contributed by atoms with E-state index in [1.54, 1.807) is 24.3 Å². The van der Waals surface area contributed by atoms with Crippen LogP contribution in [0.25, 0.3) is 11.0 Å². The normalized spacial score (nSPS) is 23.1. The largest absolute Gasteiger partial charge is 0.427 e. The number of imidazole rings is 1. The number of fused-ring (bicyclic) bond motifs is 3. The number of rotatable bonds is 7. The summed E-state index contributed by atoms with van der Waals surface area (Å²) in [6.45, 7) is 6.12. The van der Waals surface area contributed by atoms with E-state index < -0.39 is 0 Å². The van der Waals surface area contributed by atoms with Gasteiger partial charge >= 0.3 is 5.97 Å². The molecule has 1 aromatic heterocycles. The van der Waals surface area contributed by atoms with E-state index >= 15 is 0 Å². The number of aryl methyl sites for hydroxylation is 1. The van der Waals surface area contributed by atoms with Gasteiger partial charge in [-0.3, -0.25) is 14.5 Å². The van der Waals surface area contributed by atoms with Gasteiger partial charge in [0.05, 0.1) is 11.0 Å². The molecule has 228 valence electrons. The van der Waals surface area contributed by atoms with Gasteiger partial charge in [0.25, 0.3) is 5.91 Å². The van der Waals surface area contributed by atoms with Crippen molar-refractivity contribution in [2.45, 2.75) is 82.3 Å². The predicted octanol–water partition coefficient (Wildman–Crippen LogP) is 6.70. The monoisotopic (exact) mass is 590 g/mol. The van der Waals surface area contributed by atoms with Crippen molar-refractivity contribution in [1.29, 1.82) is 0 Å². The minimum atomic E-state index is -0.364. The second-order valence-electron chi connectivity index (χ2n) is 13.1. The number of carbonyl (C=O) groups is 2. The highest BCUT2D eigenvalue weighted by Crippen LogP contribution is 2.45. The van der Waals surface area contributed by atoms with E-state index in [9.17, 15) is 9.59 Å². The molecule has 44 heavy (non-hydrogen) atoms. The lowest BCUT2D eigenvalue weighted by molar-refractivity contribution is -0.131. The third-order valence-corrected chi connectivity index (χ3v) is 10.6. The molecule has 0 aliphatic carbocycles. The molecule has 0 saturated carbocycles. The molecule has 2 bridgehead atoms. The van der Waals surface area contributed by atoms with Crippen LogP contribution in [0.4, 0.5) is 0 Å². The molecule has 3 atom stereocenters. The lowest BCUT2D eigenvalue weighted by Crippen LogP contribution is -2.49. The van der Waals surface area contributed by atoms with Gasteiger partial charge in [-0.15, -0.1) is 0 Å². The van der Waals surface area contributed by atoms with E-state index in [-0.39, 0.29) is 17.3 Å². The van der Waals surface area contributed by atoms with Crippen LogP contribution in [0.5, 0.6) is 5.75 Å². The lowest BCUT2D eigenvalue weighted by atomic mass is 9.70. The number of ether oxygens (including phenoxy) is 1. The van der Waals surface area contributed by atoms with Crippen LogP contribution < -0.4 is 4.74 Å². The molecule has 0 spiro atoms. The summed E-state index contributed by atoms with van der Waals surface area (Å²) in [6, 6.07) is 28.2. The zero-order chi connectivity index (χ0) is 30.3. The number of nitrogens with zero attached hydrogens (tertiary/aromatic N) is 4. The minimum absolute atomic E-state index is 0.0449. The number of hydrogen-bond donors (Lipinski definition) is 0. The van der Waals surface area contributed by atoms with Crippen molar-refractivity contribution in [3.8, 4) is 5.75 Å². The van der Waals surface area contributed by atoms with Crippen LogP contribution in [-0.2, 0) is 10.2 Å². The number of likely N-dealkylation sites (tertiary alicyclic amines) is 1. The maximum absolute atomic E-state index is 13.4. The van der Waals surface area contributed by atoms with Crippen molar-refractivity contribution in [3.63, 3.8) is 0 Å². The first-order chi connectivity index (χ1) is 21.4. The molecule has 3 aliphatic heterocycles. The third-order valence-electron chi connectivity index (χ3n) is 10.6. The molecule has 7 nitrogen and oxygen atoms in total. The first-order valence-electron chi connectivity index (χ1n) is 16.2. The molecule has 3 aliphatic rings. The van der Waals surface area contributed by atoms with Crippen molar-refractivity contribution in [1.82, 2.24) is 19.4 Å². The first kappa shape index (κ1) is 28.8. The van der Waals surface area contributed by atoms with Crippen LogP contribution >= 0.6 is 0 Å². The Balaban J connectivity index is 1.04. The number of amides is 1. The number of hydrogen-bond acceptors (Lipinski definition) is 5. The zero-order valence-corrected chi connectivity index (χ0v) is 25.8. The Morgan fingerprint density at radius 1 is 0.864 bits per heavy atom. The van der Waals surface area contributed by atoms with Crippen molar-refractivity contribution in [2.75, 3.05) is 19.6 Å². The van der Waals surface area contributed by atoms with E-state index in [1.807, 2.05) is 4.90 Å². The highest BCUT2D eigenvalue weighted by molar-refractivity contribution is 5.94. The van der Waals surface area contributed by atoms with Crippen LogP contribution in [0.2, 0.25) is 0 Å². The summed E-state index contributed by atoms with van der Waals surface area (Å²) in [5.41, 5.74) is 4.47. The number of benzene rings is 3. The molecule has 7 heteroatoms. The molecule has 1 unspecified atom stereocenters. The Bertz CT molecular complexity index is 1620. The summed E-state index contributed by atoms with van der Waals surface area (Å²) in [5, 5.41) is 0. The zero-order valence-electron chi connectivity index (χ0n) is 25.8. The number of carbonyl (C=O) groups excluding carboxylic acids is 2. The molecule has 4 heterocycles. The van der Waals surface area contributed by atoms with Gasteiger partial charge in [0.1, 0.15) is 11.6 Å². The SMILES string of the molecule is CC(=O)Oc1ccc(C(=O)N2CCC(CCN3[C@@H]4CC[C@H]3CC(n3c(C)nc5ccccc53)C4)(c3ccccc3)CC2)cc1. The molecular formula is C37H42N4O3. The molecule has 1 amide bonds. The van der Waals surface area contributed by atoms with Gasteiger partial charge in [-0.1, -0.05) is 42.5 Å². The Kier molecular flexibility index (Phi) is 7.75. The molecule has 3 saturated heterocycles. The van der Waals surface area contributed by atoms with Crippen molar-refractivity contribution in [3.05, 3.63) is 95.8 Å². The molecule has 3 aromatic carbocycles. The van der Waals surface area contributed by atoms with Crippen LogP contribution in [0.15, 0.2) is 78.9 Å². The van der Waals surface area contributed by atoms with E-state index in [0.717, 1.165) is 50.2 Å². The summed E-state index contributed by atoms with van der Waals surface area (Å²) in [5.74, 6) is 1.27. The smallest absolute Gasteiger partial charge is 0.308 e. The fourth-order valence-electron chi connectivity index (χ4n) is 8.42. The van der Waals surface area contributed by atoms with E-state index in [1.165, 1.54) is 43.7 Å². The summed E-state index contributed by atoms with van der Waals surface area (Å²) < 4.78 is 7.66. The number of para-hydroxylation sites is 2. The van der Waals surface area contributed by atoms with Gasteiger partial charge in [-0.05, 0) is 106 Å².